The number of benzene rings is 1. The van der Waals surface area contributed by atoms with Crippen LogP contribution in [0.15, 0.2) is 24.3 Å². The van der Waals surface area contributed by atoms with Crippen molar-refractivity contribution >= 4 is 17.7 Å². The normalized spacial score (nSPS) is 10.2. The summed E-state index contributed by atoms with van der Waals surface area (Å²) in [5.74, 6) is -2.64. The molecule has 0 heterocycles. The lowest BCUT2D eigenvalue weighted by Crippen LogP contribution is -1.91. The lowest BCUT2D eigenvalue weighted by molar-refractivity contribution is -0.384. The lowest BCUT2D eigenvalue weighted by atomic mass is 10.3. The Hall–Kier alpha value is -1.37. The smallest absolute Gasteiger partial charge is 0.319 e. The molecule has 0 unspecified atom stereocenters. The molecule has 14 heavy (non-hydrogen) atoms. The van der Waals surface area contributed by atoms with E-state index in [1.54, 1.807) is 0 Å². The topological polar surface area (TPSA) is 52.4 Å². The second kappa shape index (κ2) is 4.75. The van der Waals surface area contributed by atoms with Crippen molar-refractivity contribution in [3.05, 3.63) is 34.4 Å². The van der Waals surface area contributed by atoms with E-state index in [2.05, 4.69) is 4.18 Å². The Labute approximate surface area is 82.2 Å². The molecule has 0 N–H and O–H groups in total. The largest absolute Gasteiger partial charge is 0.420 e. The number of hydrogen-bond donors (Lipinski definition) is 0. The summed E-state index contributed by atoms with van der Waals surface area (Å²) in [6.07, 6.45) is 0. The third-order valence-electron chi connectivity index (χ3n) is 1.25. The van der Waals surface area contributed by atoms with Gasteiger partial charge in [0.1, 0.15) is 17.8 Å². The van der Waals surface area contributed by atoms with Crippen LogP contribution >= 0.6 is 12.0 Å². The molecule has 0 bridgehead atoms. The van der Waals surface area contributed by atoms with Crippen LogP contribution in [-0.4, -0.2) is 10.7 Å². The minimum absolute atomic E-state index is 0.0319. The van der Waals surface area contributed by atoms with Crippen molar-refractivity contribution < 1.29 is 17.9 Å². The van der Waals surface area contributed by atoms with Gasteiger partial charge in [-0.2, -0.15) is 8.78 Å². The minimum Gasteiger partial charge on any atom is -0.420 e. The molecule has 0 saturated heterocycles. The SMILES string of the molecule is O=[N+]([O-])c1cccc(OSC(F)F)c1. The Morgan fingerprint density at radius 1 is 1.50 bits per heavy atom. The van der Waals surface area contributed by atoms with Gasteiger partial charge in [-0.3, -0.25) is 10.1 Å². The van der Waals surface area contributed by atoms with Crippen LogP contribution in [0, 0.1) is 10.1 Å². The quantitative estimate of drug-likeness (QED) is 0.445. The fourth-order valence-electron chi connectivity index (χ4n) is 0.741. The standard InChI is InChI=1S/C7H5F2NO3S/c8-7(9)14-13-6-3-1-2-5(4-6)10(11)12/h1-4,7H. The number of halogens is 2. The van der Waals surface area contributed by atoms with Gasteiger partial charge in [-0.15, -0.1) is 0 Å². The second-order valence-electron chi connectivity index (χ2n) is 2.19. The van der Waals surface area contributed by atoms with Crippen molar-refractivity contribution in [2.24, 2.45) is 0 Å². The van der Waals surface area contributed by atoms with Gasteiger partial charge in [0.2, 0.25) is 0 Å². The van der Waals surface area contributed by atoms with Crippen molar-refractivity contribution in [1.29, 1.82) is 0 Å². The number of nitro benzene ring substituents is 1. The summed E-state index contributed by atoms with van der Waals surface area (Å²) in [4.78, 5) is 9.66. The number of nitro groups is 1. The Kier molecular flexibility index (Phi) is 3.63. The molecular formula is C7H5F2NO3S. The van der Waals surface area contributed by atoms with Crippen LogP contribution < -0.4 is 4.18 Å². The highest BCUT2D eigenvalue weighted by Crippen LogP contribution is 2.24. The summed E-state index contributed by atoms with van der Waals surface area (Å²) < 4.78 is 27.9. The van der Waals surface area contributed by atoms with E-state index in [0.717, 1.165) is 6.07 Å². The molecule has 7 heteroatoms. The van der Waals surface area contributed by atoms with Crippen molar-refractivity contribution in [1.82, 2.24) is 0 Å². The molecule has 0 atom stereocenters. The van der Waals surface area contributed by atoms with E-state index in [-0.39, 0.29) is 23.5 Å². The highest BCUT2D eigenvalue weighted by Gasteiger charge is 2.09. The van der Waals surface area contributed by atoms with E-state index >= 15 is 0 Å². The molecule has 4 nitrogen and oxygen atoms in total. The Morgan fingerprint density at radius 3 is 2.79 bits per heavy atom. The number of non-ortho nitro benzene ring substituents is 1. The zero-order chi connectivity index (χ0) is 10.6. The molecule has 0 aliphatic rings. The number of hydrogen-bond acceptors (Lipinski definition) is 4. The van der Waals surface area contributed by atoms with E-state index < -0.39 is 10.7 Å². The molecule has 0 fully saturated rings. The molecule has 1 rings (SSSR count). The van der Waals surface area contributed by atoms with Gasteiger partial charge in [0, 0.05) is 6.07 Å². The molecule has 0 amide bonds. The zero-order valence-corrected chi connectivity index (χ0v) is 7.54. The molecule has 76 valence electrons. The number of rotatable bonds is 4. The molecule has 0 spiro atoms. The zero-order valence-electron chi connectivity index (χ0n) is 6.72. The molecule has 1 aromatic rings. The van der Waals surface area contributed by atoms with Gasteiger partial charge in [0.15, 0.2) is 0 Å². The highest BCUT2D eigenvalue weighted by atomic mass is 32.2. The van der Waals surface area contributed by atoms with Gasteiger partial charge < -0.3 is 4.18 Å². The van der Waals surface area contributed by atoms with Crippen LogP contribution in [0.5, 0.6) is 5.75 Å². The van der Waals surface area contributed by atoms with E-state index in [1.165, 1.54) is 18.2 Å². The first-order valence-corrected chi connectivity index (χ1v) is 4.26. The van der Waals surface area contributed by atoms with Crippen LogP contribution in [-0.2, 0) is 0 Å². The van der Waals surface area contributed by atoms with Gasteiger partial charge in [0.05, 0.1) is 11.0 Å². The van der Waals surface area contributed by atoms with Crippen LogP contribution in [0.3, 0.4) is 0 Å². The second-order valence-corrected chi connectivity index (χ2v) is 2.91. The summed E-state index contributed by atoms with van der Waals surface area (Å²) in [7, 11) is 0. The van der Waals surface area contributed by atoms with Crippen molar-refractivity contribution in [2.45, 2.75) is 5.76 Å². The van der Waals surface area contributed by atoms with Crippen LogP contribution in [0.1, 0.15) is 0 Å². The van der Waals surface area contributed by atoms with Crippen molar-refractivity contribution in [3.8, 4) is 5.75 Å². The Balaban J connectivity index is 2.69. The monoisotopic (exact) mass is 221 g/mol. The average molecular weight is 221 g/mol. The summed E-state index contributed by atoms with van der Waals surface area (Å²) in [5, 5.41) is 10.3. The number of nitrogens with zero attached hydrogens (tertiary/aromatic N) is 1. The molecule has 0 saturated carbocycles. The molecular weight excluding hydrogens is 216 g/mol. The fraction of sp³-hybridized carbons (Fsp3) is 0.143. The van der Waals surface area contributed by atoms with Crippen LogP contribution in [0.2, 0.25) is 0 Å². The predicted octanol–water partition coefficient (Wildman–Crippen LogP) is 2.84. The molecule has 1 aromatic carbocycles. The van der Waals surface area contributed by atoms with Gasteiger partial charge in [-0.25, -0.2) is 0 Å². The highest BCUT2D eigenvalue weighted by molar-refractivity contribution is 7.95. The minimum atomic E-state index is -2.67. The maximum atomic E-state index is 11.7. The van der Waals surface area contributed by atoms with Gasteiger partial charge in [-0.1, -0.05) is 6.07 Å². The van der Waals surface area contributed by atoms with Crippen molar-refractivity contribution in [2.75, 3.05) is 0 Å². The first-order chi connectivity index (χ1) is 6.59. The number of alkyl halides is 2. The Bertz CT molecular complexity index is 334. The van der Waals surface area contributed by atoms with Gasteiger partial charge in [-0.05, 0) is 6.07 Å². The van der Waals surface area contributed by atoms with Gasteiger partial charge in [0.25, 0.3) is 5.69 Å². The summed E-state index contributed by atoms with van der Waals surface area (Å²) in [6.45, 7) is 0. The molecule has 0 radical (unpaired) electrons. The van der Waals surface area contributed by atoms with E-state index in [9.17, 15) is 18.9 Å². The Morgan fingerprint density at radius 2 is 2.21 bits per heavy atom. The summed E-state index contributed by atoms with van der Waals surface area (Å²) in [6, 6.07) is 5.05. The lowest BCUT2D eigenvalue weighted by Gasteiger charge is -2.01. The third kappa shape index (κ3) is 3.17. The first-order valence-electron chi connectivity index (χ1n) is 3.45. The maximum Gasteiger partial charge on any atom is 0.319 e. The third-order valence-corrected chi connectivity index (χ3v) is 1.68. The maximum absolute atomic E-state index is 11.7. The molecule has 0 aliphatic carbocycles. The van der Waals surface area contributed by atoms with Crippen LogP contribution in [0.4, 0.5) is 14.5 Å². The van der Waals surface area contributed by atoms with E-state index in [0.29, 0.717) is 0 Å². The summed E-state index contributed by atoms with van der Waals surface area (Å²) in [5.41, 5.74) is -0.197. The predicted molar refractivity (Wildman–Crippen MR) is 47.3 cm³/mol. The average Bonchev–Trinajstić information content (AvgIpc) is 2.15. The molecule has 0 aliphatic heterocycles. The summed E-state index contributed by atoms with van der Waals surface area (Å²) >= 11 is -0.0512. The van der Waals surface area contributed by atoms with Gasteiger partial charge >= 0.3 is 5.76 Å². The molecule has 0 aromatic heterocycles. The first kappa shape index (κ1) is 10.7. The van der Waals surface area contributed by atoms with E-state index in [4.69, 9.17) is 0 Å². The fourth-order valence-corrected chi connectivity index (χ4v) is 1.03. The van der Waals surface area contributed by atoms with E-state index in [1.807, 2.05) is 0 Å². The van der Waals surface area contributed by atoms with Crippen LogP contribution in [0.25, 0.3) is 0 Å². The van der Waals surface area contributed by atoms with Crippen molar-refractivity contribution in [3.63, 3.8) is 0 Å².